The maximum absolute atomic E-state index is 12.2. The summed E-state index contributed by atoms with van der Waals surface area (Å²) in [6.07, 6.45) is 0. The van der Waals surface area contributed by atoms with Crippen molar-refractivity contribution in [1.29, 1.82) is 0 Å². The fourth-order valence-electron chi connectivity index (χ4n) is 1.99. The van der Waals surface area contributed by atoms with Gasteiger partial charge in [0.05, 0.1) is 16.8 Å². The SMILES string of the molecule is CN(C)C(=O)COC(=O)c1ccc(OC(=O)c2ccc(N=C(N)N)cc2)cc1. The molecule has 0 aliphatic carbocycles. The van der Waals surface area contributed by atoms with E-state index >= 15 is 0 Å². The Balaban J connectivity index is 1.96. The van der Waals surface area contributed by atoms with Crippen molar-refractivity contribution >= 4 is 29.5 Å². The molecule has 0 atom stereocenters. The molecule has 146 valence electrons. The highest BCUT2D eigenvalue weighted by molar-refractivity contribution is 5.93. The zero-order valence-corrected chi connectivity index (χ0v) is 15.4. The second-order valence-electron chi connectivity index (χ2n) is 5.86. The summed E-state index contributed by atoms with van der Waals surface area (Å²) in [7, 11) is 3.13. The summed E-state index contributed by atoms with van der Waals surface area (Å²) in [5, 5.41) is 0. The van der Waals surface area contributed by atoms with E-state index in [0.717, 1.165) is 0 Å². The fourth-order valence-corrected chi connectivity index (χ4v) is 1.99. The lowest BCUT2D eigenvalue weighted by Gasteiger charge is -2.10. The van der Waals surface area contributed by atoms with Crippen LogP contribution in [0.3, 0.4) is 0 Å². The number of hydrogen-bond donors (Lipinski definition) is 2. The summed E-state index contributed by atoms with van der Waals surface area (Å²) in [6.45, 7) is -0.349. The largest absolute Gasteiger partial charge is 0.452 e. The molecule has 0 unspecified atom stereocenters. The lowest BCUT2D eigenvalue weighted by molar-refractivity contribution is -0.131. The zero-order valence-electron chi connectivity index (χ0n) is 15.4. The molecule has 0 aliphatic rings. The van der Waals surface area contributed by atoms with Crippen LogP contribution in [0.25, 0.3) is 0 Å². The van der Waals surface area contributed by atoms with E-state index in [9.17, 15) is 14.4 Å². The van der Waals surface area contributed by atoms with Gasteiger partial charge in [-0.05, 0) is 48.5 Å². The van der Waals surface area contributed by atoms with Crippen molar-refractivity contribution in [3.8, 4) is 5.75 Å². The maximum Gasteiger partial charge on any atom is 0.343 e. The third kappa shape index (κ3) is 5.84. The van der Waals surface area contributed by atoms with Gasteiger partial charge in [0.1, 0.15) is 5.75 Å². The zero-order chi connectivity index (χ0) is 20.7. The highest BCUT2D eigenvalue weighted by Gasteiger charge is 2.13. The molecule has 1 amide bonds. The van der Waals surface area contributed by atoms with Gasteiger partial charge in [-0.2, -0.15) is 0 Å². The van der Waals surface area contributed by atoms with Crippen LogP contribution in [0.1, 0.15) is 20.7 Å². The number of likely N-dealkylation sites (N-methyl/N-ethyl adjacent to an activating group) is 1. The fraction of sp³-hybridized carbons (Fsp3) is 0.158. The number of carbonyl (C=O) groups excluding carboxylic acids is 3. The van der Waals surface area contributed by atoms with Gasteiger partial charge in [0.25, 0.3) is 5.91 Å². The average molecular weight is 384 g/mol. The van der Waals surface area contributed by atoms with E-state index in [2.05, 4.69) is 4.99 Å². The van der Waals surface area contributed by atoms with E-state index in [1.807, 2.05) is 0 Å². The molecule has 4 N–H and O–H groups in total. The molecule has 9 heteroatoms. The van der Waals surface area contributed by atoms with Crippen molar-refractivity contribution in [3.05, 3.63) is 59.7 Å². The third-order valence-electron chi connectivity index (χ3n) is 3.49. The Morgan fingerprint density at radius 2 is 1.43 bits per heavy atom. The molecular formula is C19H20N4O5. The van der Waals surface area contributed by atoms with Gasteiger partial charge in [0, 0.05) is 14.1 Å². The molecule has 28 heavy (non-hydrogen) atoms. The Bertz CT molecular complexity index is 886. The summed E-state index contributed by atoms with van der Waals surface area (Å²) in [5.41, 5.74) is 11.6. The van der Waals surface area contributed by atoms with Crippen molar-refractivity contribution in [2.75, 3.05) is 20.7 Å². The number of guanidine groups is 1. The van der Waals surface area contributed by atoms with E-state index in [4.69, 9.17) is 20.9 Å². The minimum absolute atomic E-state index is 0.0833. The van der Waals surface area contributed by atoms with Crippen LogP contribution in [-0.2, 0) is 9.53 Å². The van der Waals surface area contributed by atoms with E-state index in [1.54, 1.807) is 26.2 Å². The van der Waals surface area contributed by atoms with Gasteiger partial charge >= 0.3 is 11.9 Å². The van der Waals surface area contributed by atoms with E-state index in [-0.39, 0.29) is 29.8 Å². The number of amides is 1. The Kier molecular flexibility index (Phi) is 6.69. The van der Waals surface area contributed by atoms with E-state index < -0.39 is 11.9 Å². The van der Waals surface area contributed by atoms with Gasteiger partial charge in [-0.1, -0.05) is 0 Å². The summed E-state index contributed by atoms with van der Waals surface area (Å²) in [4.78, 5) is 40.7. The first-order valence-electron chi connectivity index (χ1n) is 8.15. The number of rotatable bonds is 6. The number of hydrogen-bond acceptors (Lipinski definition) is 6. The van der Waals surface area contributed by atoms with Gasteiger partial charge in [0.2, 0.25) is 0 Å². The van der Waals surface area contributed by atoms with Crippen molar-refractivity contribution in [1.82, 2.24) is 4.90 Å². The molecule has 0 radical (unpaired) electrons. The summed E-state index contributed by atoms with van der Waals surface area (Å²) in [5.74, 6) is -1.39. The van der Waals surface area contributed by atoms with Gasteiger partial charge in [-0.3, -0.25) is 4.79 Å². The number of nitrogens with two attached hydrogens (primary N) is 2. The van der Waals surface area contributed by atoms with Crippen molar-refractivity contribution in [3.63, 3.8) is 0 Å². The van der Waals surface area contributed by atoms with Crippen LogP contribution in [-0.4, -0.2) is 49.4 Å². The molecule has 9 nitrogen and oxygen atoms in total. The van der Waals surface area contributed by atoms with Crippen LogP contribution in [0.2, 0.25) is 0 Å². The number of esters is 2. The molecule has 0 bridgehead atoms. The molecule has 0 aliphatic heterocycles. The van der Waals surface area contributed by atoms with Crippen LogP contribution in [0.5, 0.6) is 5.75 Å². The Morgan fingerprint density at radius 1 is 0.893 bits per heavy atom. The standard InChI is InChI=1S/C19H20N4O5/c1-23(2)16(24)11-27-17(25)12-5-9-15(10-6-12)28-18(26)13-3-7-14(8-4-13)22-19(20)21/h3-10H,11H2,1-2H3,(H4,20,21,22). The van der Waals surface area contributed by atoms with Crippen molar-refractivity contribution < 1.29 is 23.9 Å². The lowest BCUT2D eigenvalue weighted by Crippen LogP contribution is -2.27. The molecule has 2 aromatic rings. The first kappa shape index (κ1) is 20.4. The van der Waals surface area contributed by atoms with Crippen LogP contribution >= 0.6 is 0 Å². The van der Waals surface area contributed by atoms with E-state index in [1.165, 1.54) is 41.3 Å². The number of carbonyl (C=O) groups is 3. The minimum atomic E-state index is -0.650. The second-order valence-corrected chi connectivity index (χ2v) is 5.86. The number of benzene rings is 2. The van der Waals surface area contributed by atoms with Crippen LogP contribution in [0, 0.1) is 0 Å². The molecule has 2 rings (SSSR count). The Labute approximate surface area is 161 Å². The van der Waals surface area contributed by atoms with Gasteiger partial charge in [-0.15, -0.1) is 0 Å². The second kappa shape index (κ2) is 9.17. The van der Waals surface area contributed by atoms with Crippen molar-refractivity contribution in [2.45, 2.75) is 0 Å². The smallest absolute Gasteiger partial charge is 0.343 e. The maximum atomic E-state index is 12.2. The van der Waals surface area contributed by atoms with Gasteiger partial charge < -0.3 is 25.8 Å². The highest BCUT2D eigenvalue weighted by Crippen LogP contribution is 2.17. The topological polar surface area (TPSA) is 137 Å². The quantitative estimate of drug-likeness (QED) is 0.329. The number of aliphatic imine (C=N–C) groups is 1. The van der Waals surface area contributed by atoms with E-state index in [0.29, 0.717) is 11.3 Å². The molecule has 0 heterocycles. The molecule has 0 saturated heterocycles. The van der Waals surface area contributed by atoms with Crippen LogP contribution in [0.15, 0.2) is 53.5 Å². The van der Waals surface area contributed by atoms with Crippen LogP contribution < -0.4 is 16.2 Å². The predicted molar refractivity (Wildman–Crippen MR) is 102 cm³/mol. The summed E-state index contributed by atoms with van der Waals surface area (Å²) >= 11 is 0. The average Bonchev–Trinajstić information content (AvgIpc) is 2.66. The number of nitrogens with zero attached hydrogens (tertiary/aromatic N) is 2. The first-order valence-corrected chi connectivity index (χ1v) is 8.15. The molecule has 0 spiro atoms. The summed E-state index contributed by atoms with van der Waals surface area (Å²) < 4.78 is 10.2. The third-order valence-corrected chi connectivity index (χ3v) is 3.49. The summed E-state index contributed by atoms with van der Waals surface area (Å²) in [6, 6.07) is 12.0. The van der Waals surface area contributed by atoms with Crippen molar-refractivity contribution in [2.24, 2.45) is 16.5 Å². The van der Waals surface area contributed by atoms with Crippen LogP contribution in [0.4, 0.5) is 5.69 Å². The molecule has 0 fully saturated rings. The number of ether oxygens (including phenoxy) is 2. The van der Waals surface area contributed by atoms with Gasteiger partial charge in [-0.25, -0.2) is 14.6 Å². The van der Waals surface area contributed by atoms with Gasteiger partial charge in [0.15, 0.2) is 12.6 Å². The molecular weight excluding hydrogens is 364 g/mol. The minimum Gasteiger partial charge on any atom is -0.452 e. The normalized spacial score (nSPS) is 9.93. The lowest BCUT2D eigenvalue weighted by atomic mass is 10.2. The Hall–Kier alpha value is -3.88. The molecule has 0 aromatic heterocycles. The predicted octanol–water partition coefficient (Wildman–Crippen LogP) is 1.06. The highest BCUT2D eigenvalue weighted by atomic mass is 16.5. The first-order chi connectivity index (χ1) is 13.3. The molecule has 0 saturated carbocycles. The monoisotopic (exact) mass is 384 g/mol. The Morgan fingerprint density at radius 3 is 1.96 bits per heavy atom. The molecule has 2 aromatic carbocycles.